The number of hydrogen-bond donors (Lipinski definition) is 0. The summed E-state index contributed by atoms with van der Waals surface area (Å²) in [5, 5.41) is 4.28. The second-order valence-electron chi connectivity index (χ2n) is 6.11. The maximum absolute atomic E-state index is 13.0. The van der Waals surface area contributed by atoms with E-state index in [0.29, 0.717) is 5.56 Å². The molecule has 116 valence electrons. The highest BCUT2D eigenvalue weighted by Crippen LogP contribution is 2.34. The summed E-state index contributed by atoms with van der Waals surface area (Å²) in [7, 11) is 1.90. The molecule has 0 fully saturated rings. The molecule has 3 aromatic rings. The minimum Gasteiger partial charge on any atom is -0.335 e. The number of nitrogens with zero attached hydrogens (tertiary/aromatic N) is 3. The highest BCUT2D eigenvalue weighted by atomic mass is 16.2. The summed E-state index contributed by atoms with van der Waals surface area (Å²) in [6, 6.07) is 14.4. The average molecular weight is 305 g/mol. The number of amides is 1. The summed E-state index contributed by atoms with van der Waals surface area (Å²) in [4.78, 5) is 14.9. The molecule has 4 rings (SSSR count). The first kappa shape index (κ1) is 14.0. The lowest BCUT2D eigenvalue weighted by atomic mass is 9.87. The second-order valence-corrected chi connectivity index (χ2v) is 6.11. The van der Waals surface area contributed by atoms with Crippen LogP contribution >= 0.6 is 0 Å². The number of pyridine rings is 1. The fraction of sp³-hybridized carbons (Fsp3) is 0.263. The van der Waals surface area contributed by atoms with Gasteiger partial charge >= 0.3 is 0 Å². The van der Waals surface area contributed by atoms with Gasteiger partial charge in [0, 0.05) is 13.2 Å². The van der Waals surface area contributed by atoms with Gasteiger partial charge in [0.25, 0.3) is 5.91 Å². The van der Waals surface area contributed by atoms with Gasteiger partial charge in [-0.2, -0.15) is 5.10 Å². The van der Waals surface area contributed by atoms with Gasteiger partial charge in [0.05, 0.1) is 23.3 Å². The molecule has 4 nitrogen and oxygen atoms in total. The third-order valence-electron chi connectivity index (χ3n) is 4.78. The second kappa shape index (κ2) is 5.54. The third-order valence-corrected chi connectivity index (χ3v) is 4.78. The number of aromatic nitrogens is 2. The Hall–Kier alpha value is -2.62. The maximum atomic E-state index is 13.0. The lowest BCUT2D eigenvalue weighted by molar-refractivity contribution is 0.0717. The molecule has 2 aromatic heterocycles. The molecule has 0 radical (unpaired) electrons. The quantitative estimate of drug-likeness (QED) is 0.727. The van der Waals surface area contributed by atoms with E-state index in [1.54, 1.807) is 10.7 Å². The van der Waals surface area contributed by atoms with E-state index in [9.17, 15) is 4.79 Å². The fourth-order valence-electron chi connectivity index (χ4n) is 3.56. The SMILES string of the molecule is CN(C(=O)c1cnn2ccccc12)[C@@H]1CCCc2ccccc21. The molecular formula is C19H19N3O. The number of carbonyl (C=O) groups is 1. The van der Waals surface area contributed by atoms with E-state index >= 15 is 0 Å². The molecule has 0 saturated carbocycles. The van der Waals surface area contributed by atoms with Crippen LogP contribution in [0.15, 0.2) is 54.9 Å². The van der Waals surface area contributed by atoms with Crippen LogP contribution in [0.5, 0.6) is 0 Å². The summed E-state index contributed by atoms with van der Waals surface area (Å²) >= 11 is 0. The van der Waals surface area contributed by atoms with Gasteiger partial charge < -0.3 is 4.90 Å². The molecule has 1 aliphatic rings. The van der Waals surface area contributed by atoms with Crippen LogP contribution in [-0.4, -0.2) is 27.5 Å². The molecule has 23 heavy (non-hydrogen) atoms. The van der Waals surface area contributed by atoms with Crippen LogP contribution in [0.25, 0.3) is 5.52 Å². The molecule has 0 spiro atoms. The van der Waals surface area contributed by atoms with Crippen LogP contribution in [0, 0.1) is 0 Å². The predicted octanol–water partition coefficient (Wildman–Crippen LogP) is 3.48. The summed E-state index contributed by atoms with van der Waals surface area (Å²) in [5.41, 5.74) is 4.17. The van der Waals surface area contributed by atoms with Crippen molar-refractivity contribution in [2.45, 2.75) is 25.3 Å². The molecule has 1 amide bonds. The molecule has 1 atom stereocenters. The standard InChI is InChI=1S/C19H19N3O/c1-21(17-11-6-8-14-7-2-3-9-15(14)17)19(23)16-13-20-22-12-5-4-10-18(16)22/h2-5,7,9-10,12-13,17H,6,8,11H2,1H3/t17-/m1/s1. The Balaban J connectivity index is 1.70. The summed E-state index contributed by atoms with van der Waals surface area (Å²) < 4.78 is 1.75. The molecular weight excluding hydrogens is 286 g/mol. The number of hydrogen-bond acceptors (Lipinski definition) is 2. The van der Waals surface area contributed by atoms with Gasteiger partial charge in [-0.25, -0.2) is 4.52 Å². The fourth-order valence-corrected chi connectivity index (χ4v) is 3.56. The minimum absolute atomic E-state index is 0.0351. The van der Waals surface area contributed by atoms with Crippen molar-refractivity contribution in [1.29, 1.82) is 0 Å². The lowest BCUT2D eigenvalue weighted by Crippen LogP contribution is -2.33. The van der Waals surface area contributed by atoms with Gasteiger partial charge in [0.15, 0.2) is 0 Å². The van der Waals surface area contributed by atoms with Gasteiger partial charge in [-0.15, -0.1) is 0 Å². The van der Waals surface area contributed by atoms with Gasteiger partial charge in [-0.1, -0.05) is 30.3 Å². The zero-order valence-electron chi connectivity index (χ0n) is 13.1. The van der Waals surface area contributed by atoms with Crippen molar-refractivity contribution in [3.8, 4) is 0 Å². The maximum Gasteiger partial charge on any atom is 0.257 e. The number of carbonyl (C=O) groups excluding carboxylic acids is 1. The minimum atomic E-state index is 0.0351. The lowest BCUT2D eigenvalue weighted by Gasteiger charge is -2.33. The van der Waals surface area contributed by atoms with E-state index in [1.165, 1.54) is 11.1 Å². The predicted molar refractivity (Wildman–Crippen MR) is 89.4 cm³/mol. The molecule has 2 heterocycles. The monoisotopic (exact) mass is 305 g/mol. The molecule has 0 N–H and O–H groups in total. The van der Waals surface area contributed by atoms with E-state index in [0.717, 1.165) is 24.8 Å². The van der Waals surface area contributed by atoms with E-state index < -0.39 is 0 Å². The molecule has 0 bridgehead atoms. The summed E-state index contributed by atoms with van der Waals surface area (Å²) in [6.45, 7) is 0. The Morgan fingerprint density at radius 3 is 2.96 bits per heavy atom. The van der Waals surface area contributed by atoms with Crippen molar-refractivity contribution in [1.82, 2.24) is 14.5 Å². The van der Waals surface area contributed by atoms with Gasteiger partial charge in [-0.3, -0.25) is 4.79 Å². The first-order valence-electron chi connectivity index (χ1n) is 8.03. The number of benzene rings is 1. The highest BCUT2D eigenvalue weighted by Gasteiger charge is 2.28. The zero-order valence-corrected chi connectivity index (χ0v) is 13.1. The number of rotatable bonds is 2. The van der Waals surface area contributed by atoms with Crippen LogP contribution in [0.2, 0.25) is 0 Å². The summed E-state index contributed by atoms with van der Waals surface area (Å²) in [6.07, 6.45) is 6.77. The van der Waals surface area contributed by atoms with Crippen LogP contribution in [0.1, 0.15) is 40.4 Å². The number of aryl methyl sites for hydroxylation is 1. The van der Waals surface area contributed by atoms with Gasteiger partial charge in [-0.05, 0) is 42.5 Å². The molecule has 0 unspecified atom stereocenters. The smallest absolute Gasteiger partial charge is 0.257 e. The van der Waals surface area contributed by atoms with E-state index in [4.69, 9.17) is 0 Å². The number of fused-ring (bicyclic) bond motifs is 2. The molecule has 1 aliphatic carbocycles. The van der Waals surface area contributed by atoms with Gasteiger partial charge in [0.2, 0.25) is 0 Å². The van der Waals surface area contributed by atoms with Crippen molar-refractivity contribution in [3.05, 3.63) is 71.5 Å². The Morgan fingerprint density at radius 1 is 1.22 bits per heavy atom. The van der Waals surface area contributed by atoms with Crippen LogP contribution in [0.4, 0.5) is 0 Å². The zero-order chi connectivity index (χ0) is 15.8. The van der Waals surface area contributed by atoms with Crippen molar-refractivity contribution >= 4 is 11.4 Å². The Kier molecular flexibility index (Phi) is 3.37. The van der Waals surface area contributed by atoms with Crippen LogP contribution < -0.4 is 0 Å². The average Bonchev–Trinajstić information content (AvgIpc) is 3.04. The molecule has 1 aromatic carbocycles. The topological polar surface area (TPSA) is 37.6 Å². The van der Waals surface area contributed by atoms with Gasteiger partial charge in [0.1, 0.15) is 0 Å². The first-order valence-corrected chi connectivity index (χ1v) is 8.03. The molecule has 0 saturated heterocycles. The van der Waals surface area contributed by atoms with E-state index in [2.05, 4.69) is 29.4 Å². The normalized spacial score (nSPS) is 17.0. The molecule has 4 heteroatoms. The van der Waals surface area contributed by atoms with E-state index in [1.807, 2.05) is 36.3 Å². The van der Waals surface area contributed by atoms with Crippen molar-refractivity contribution < 1.29 is 4.79 Å². The Labute approximate surface area is 135 Å². The largest absolute Gasteiger partial charge is 0.335 e. The van der Waals surface area contributed by atoms with Crippen molar-refractivity contribution in [3.63, 3.8) is 0 Å². The highest BCUT2D eigenvalue weighted by molar-refractivity contribution is 6.00. The summed E-state index contributed by atoms with van der Waals surface area (Å²) in [5.74, 6) is 0.0351. The third kappa shape index (κ3) is 2.31. The Bertz CT molecular complexity index is 868. The first-order chi connectivity index (χ1) is 11.3. The van der Waals surface area contributed by atoms with Crippen molar-refractivity contribution in [2.24, 2.45) is 0 Å². The molecule has 0 aliphatic heterocycles. The van der Waals surface area contributed by atoms with Crippen molar-refractivity contribution in [2.75, 3.05) is 7.05 Å². The Morgan fingerprint density at radius 2 is 2.04 bits per heavy atom. The van der Waals surface area contributed by atoms with Crippen LogP contribution in [-0.2, 0) is 6.42 Å². The van der Waals surface area contributed by atoms with E-state index in [-0.39, 0.29) is 11.9 Å². The van der Waals surface area contributed by atoms with Crippen LogP contribution in [0.3, 0.4) is 0 Å².